The maximum Gasteiger partial charge on any atom is 0.472 e. The Morgan fingerprint density at radius 3 is 2.36 bits per heavy atom. The lowest BCUT2D eigenvalue weighted by molar-refractivity contribution is -0.0981. The SMILES string of the molecule is CC(C)(C)C(O)=[SH]CCOP(=O)(O)OCC[SH]=C(O)C(C)(C)COC[C@@]1(C#N)O[C@H](c2ccc3c(N)ncnn23)[C@H](O)[C@@H]1O. The van der Waals surface area contributed by atoms with Gasteiger partial charge in [0.15, 0.2) is 5.82 Å². The molecule has 15 nitrogen and oxygen atoms in total. The van der Waals surface area contributed by atoms with E-state index in [1.54, 1.807) is 26.0 Å². The molecule has 1 fully saturated rings. The Labute approximate surface area is 263 Å². The molecule has 3 rings (SSSR count). The molecule has 0 saturated carbocycles. The Kier molecular flexibility index (Phi) is 12.3. The van der Waals surface area contributed by atoms with Crippen LogP contribution in [0.15, 0.2) is 18.5 Å². The van der Waals surface area contributed by atoms with E-state index in [0.29, 0.717) is 39.7 Å². The van der Waals surface area contributed by atoms with Crippen LogP contribution in [-0.2, 0) is 23.1 Å². The Balaban J connectivity index is 1.51. The molecule has 5 atom stereocenters. The van der Waals surface area contributed by atoms with Crippen LogP contribution in [-0.4, -0.2) is 106 Å². The fourth-order valence-corrected chi connectivity index (χ4v) is 6.86. The summed E-state index contributed by atoms with van der Waals surface area (Å²) in [6.45, 7) is 8.21. The van der Waals surface area contributed by atoms with Gasteiger partial charge in [0.2, 0.25) is 5.60 Å². The molecule has 1 saturated heterocycles. The number of thiol groups is 2. The number of nitrogen functional groups attached to an aromatic ring is 1. The third kappa shape index (κ3) is 8.93. The van der Waals surface area contributed by atoms with E-state index in [2.05, 4.69) is 10.1 Å². The van der Waals surface area contributed by atoms with Gasteiger partial charge in [-0.1, -0.05) is 34.6 Å². The van der Waals surface area contributed by atoms with Crippen molar-refractivity contribution >= 4 is 52.0 Å². The first-order valence-electron chi connectivity index (χ1n) is 13.6. The first-order valence-corrected chi connectivity index (χ1v) is 17.3. The van der Waals surface area contributed by atoms with Crippen molar-refractivity contribution in [2.24, 2.45) is 10.8 Å². The number of rotatable bonds is 14. The van der Waals surface area contributed by atoms with Gasteiger partial charge < -0.3 is 40.5 Å². The Morgan fingerprint density at radius 2 is 1.77 bits per heavy atom. The Bertz CT molecular complexity index is 1460. The van der Waals surface area contributed by atoms with Crippen molar-refractivity contribution in [3.63, 3.8) is 0 Å². The highest BCUT2D eigenvalue weighted by Gasteiger charge is 2.56. The van der Waals surface area contributed by atoms with E-state index in [-0.39, 0.29) is 41.5 Å². The smallest absolute Gasteiger partial charge is 0.387 e. The van der Waals surface area contributed by atoms with Gasteiger partial charge in [-0.05, 0) is 12.1 Å². The van der Waals surface area contributed by atoms with Crippen molar-refractivity contribution in [3.8, 4) is 6.07 Å². The van der Waals surface area contributed by atoms with Crippen LogP contribution < -0.4 is 5.73 Å². The number of nitrogens with two attached hydrogens (primary N) is 1. The van der Waals surface area contributed by atoms with Gasteiger partial charge in [-0.2, -0.15) is 33.1 Å². The average molecular weight is 680 g/mol. The number of aromatic nitrogens is 3. The Morgan fingerprint density at radius 1 is 1.16 bits per heavy atom. The summed E-state index contributed by atoms with van der Waals surface area (Å²) in [7, 11) is -4.30. The molecule has 1 aliphatic heterocycles. The number of nitrogens with zero attached hydrogens (tertiary/aromatic N) is 4. The lowest BCUT2D eigenvalue weighted by Gasteiger charge is -2.28. The molecule has 2 aromatic heterocycles. The van der Waals surface area contributed by atoms with Crippen molar-refractivity contribution in [3.05, 3.63) is 24.2 Å². The maximum atomic E-state index is 12.1. The van der Waals surface area contributed by atoms with E-state index < -0.39 is 49.2 Å². The monoisotopic (exact) mass is 679 g/mol. The predicted molar refractivity (Wildman–Crippen MR) is 170 cm³/mol. The lowest BCUT2D eigenvalue weighted by Crippen LogP contribution is -2.46. The van der Waals surface area contributed by atoms with Crippen molar-refractivity contribution < 1.29 is 48.4 Å². The van der Waals surface area contributed by atoms with Crippen LogP contribution in [0.4, 0.5) is 5.82 Å². The summed E-state index contributed by atoms with van der Waals surface area (Å²) in [6, 6.07) is 5.16. The number of hydrogen-bond acceptors (Lipinski definition) is 11. The number of fused-ring (bicyclic) bond motifs is 1. The van der Waals surface area contributed by atoms with Crippen LogP contribution in [0.2, 0.25) is 0 Å². The van der Waals surface area contributed by atoms with Crippen LogP contribution >= 0.6 is 30.5 Å². The molecule has 18 heteroatoms. The molecule has 1 aliphatic rings. The molecular weight excluding hydrogens is 637 g/mol. The zero-order chi connectivity index (χ0) is 32.9. The third-order valence-corrected chi connectivity index (χ3v) is 10.4. The molecule has 2 aromatic rings. The summed E-state index contributed by atoms with van der Waals surface area (Å²) >= 11 is 1.01. The molecule has 0 bridgehead atoms. The number of aliphatic hydroxyl groups excluding tert-OH is 4. The molecule has 0 aromatic carbocycles. The van der Waals surface area contributed by atoms with Gasteiger partial charge in [0, 0.05) is 22.3 Å². The zero-order valence-electron chi connectivity index (χ0n) is 25.2. The molecule has 7 N–H and O–H groups in total. The van der Waals surface area contributed by atoms with Crippen LogP contribution in [0.5, 0.6) is 0 Å². The van der Waals surface area contributed by atoms with Crippen molar-refractivity contribution in [2.45, 2.75) is 58.5 Å². The van der Waals surface area contributed by atoms with Gasteiger partial charge in [-0.15, -0.1) is 0 Å². The fourth-order valence-electron chi connectivity index (χ4n) is 4.10. The van der Waals surface area contributed by atoms with Crippen molar-refractivity contribution in [1.82, 2.24) is 14.6 Å². The first-order chi connectivity index (χ1) is 20.4. The summed E-state index contributed by atoms with van der Waals surface area (Å²) in [5, 5.41) is 56.5. The van der Waals surface area contributed by atoms with Crippen LogP contribution in [0, 0.1) is 22.2 Å². The summed E-state index contributed by atoms with van der Waals surface area (Å²) in [5.74, 6) is 0.705. The molecule has 1 unspecified atom stereocenters. The second kappa shape index (κ2) is 14.8. The van der Waals surface area contributed by atoms with Crippen molar-refractivity contribution in [1.29, 1.82) is 5.26 Å². The second-order valence-corrected chi connectivity index (χ2v) is 15.7. The molecule has 0 aliphatic carbocycles. The molecule has 0 spiro atoms. The topological polar surface area (TPSA) is 235 Å². The number of aliphatic hydroxyl groups is 4. The van der Waals surface area contributed by atoms with Gasteiger partial charge in [0.1, 0.15) is 36.2 Å². The highest BCUT2D eigenvalue weighted by molar-refractivity contribution is 7.98. The third-order valence-electron chi connectivity index (χ3n) is 6.71. The summed E-state index contributed by atoms with van der Waals surface area (Å²) in [6.07, 6.45) is -2.97. The summed E-state index contributed by atoms with van der Waals surface area (Å²) in [4.78, 5) is 13.8. The number of phosphoric acid groups is 1. The minimum absolute atomic E-state index is 0.00415. The van der Waals surface area contributed by atoms with Gasteiger partial charge >= 0.3 is 7.82 Å². The van der Waals surface area contributed by atoms with Crippen molar-refractivity contribution in [2.75, 3.05) is 43.7 Å². The van der Waals surface area contributed by atoms with E-state index >= 15 is 0 Å². The number of ether oxygens (including phenoxy) is 2. The molecule has 0 radical (unpaired) electrons. The largest absolute Gasteiger partial charge is 0.472 e. The Hall–Kier alpha value is -1.78. The minimum atomic E-state index is -4.30. The van der Waals surface area contributed by atoms with E-state index in [1.165, 1.54) is 10.8 Å². The number of phosphoric ester groups is 1. The van der Waals surface area contributed by atoms with E-state index in [4.69, 9.17) is 24.3 Å². The molecule has 248 valence electrons. The maximum absolute atomic E-state index is 12.1. The van der Waals surface area contributed by atoms with Gasteiger partial charge in [0.05, 0.1) is 42.2 Å². The van der Waals surface area contributed by atoms with Crippen LogP contribution in [0.25, 0.3) is 5.52 Å². The second-order valence-electron chi connectivity index (χ2n) is 11.8. The van der Waals surface area contributed by atoms with E-state index in [0.717, 1.165) is 0 Å². The predicted octanol–water partition coefficient (Wildman–Crippen LogP) is 1.90. The quantitative estimate of drug-likeness (QED) is 0.0617. The van der Waals surface area contributed by atoms with Gasteiger partial charge in [0.25, 0.3) is 0 Å². The van der Waals surface area contributed by atoms with E-state index in [1.807, 2.05) is 26.8 Å². The molecule has 3 heterocycles. The molecular formula is C26H42N5O10PS2. The lowest BCUT2D eigenvalue weighted by atomic mass is 9.94. The number of hydrogen-bond donors (Lipinski definition) is 8. The normalized spacial score (nSPS) is 25.2. The average Bonchev–Trinajstić information content (AvgIpc) is 3.48. The van der Waals surface area contributed by atoms with Crippen LogP contribution in [0.1, 0.15) is 46.4 Å². The fraction of sp³-hybridized carbons (Fsp3) is 0.654. The van der Waals surface area contributed by atoms with E-state index in [9.17, 15) is 35.1 Å². The first kappa shape index (κ1) is 36.7. The zero-order valence-corrected chi connectivity index (χ0v) is 27.9. The van der Waals surface area contributed by atoms with Gasteiger partial charge in [-0.25, -0.2) is 14.1 Å². The van der Waals surface area contributed by atoms with Gasteiger partial charge in [-0.3, -0.25) is 9.05 Å². The summed E-state index contributed by atoms with van der Waals surface area (Å²) < 4.78 is 35.1. The number of anilines is 1. The summed E-state index contributed by atoms with van der Waals surface area (Å²) in [5.41, 5.74) is 3.49. The minimum Gasteiger partial charge on any atom is -0.387 e. The number of nitriles is 1. The highest BCUT2D eigenvalue weighted by Crippen LogP contribution is 2.43. The highest BCUT2D eigenvalue weighted by atomic mass is 32.1. The molecule has 0 amide bonds. The standard InChI is InChI=1S/C26H42N5O10PS2/c1-24(2,3)22(34)43-10-8-39-42(36,37)40-9-11-44-23(35)25(4,5)13-38-14-26(12-27)20(33)18(32)19(41-26)16-6-7-17-21(28)29-15-30-31(16)17/h6-7,15,18-20,32-35,43-44H,8-11,13-14H2,1-5H3,(H,36,37)(H2,28,29,30)/t18-,19+,20-,26+/m0/s1. The van der Waals surface area contributed by atoms with Crippen LogP contribution in [0.3, 0.4) is 0 Å². The molecule has 44 heavy (non-hydrogen) atoms.